The van der Waals surface area contributed by atoms with E-state index in [1.807, 2.05) is 30.1 Å². The van der Waals surface area contributed by atoms with Gasteiger partial charge in [0.25, 0.3) is 5.91 Å². The van der Waals surface area contributed by atoms with Crippen molar-refractivity contribution in [2.75, 3.05) is 34.3 Å². The normalized spacial score (nSPS) is 19.6. The molecule has 1 aromatic carbocycles. The van der Waals surface area contributed by atoms with E-state index >= 15 is 0 Å². The number of hydrogen-bond donors (Lipinski definition) is 0. The molecule has 1 aliphatic rings. The Hall–Kier alpha value is -1.55. The average Bonchev–Trinajstić information content (AvgIpc) is 2.48. The first-order valence-corrected chi connectivity index (χ1v) is 7.21. The summed E-state index contributed by atoms with van der Waals surface area (Å²) in [7, 11) is 5.64. The van der Waals surface area contributed by atoms with Gasteiger partial charge in [0.15, 0.2) is 0 Å². The summed E-state index contributed by atoms with van der Waals surface area (Å²) in [5.41, 5.74) is 0.685. The number of likely N-dealkylation sites (N-methyl/N-ethyl adjacent to an activating group) is 2. The van der Waals surface area contributed by atoms with Crippen LogP contribution in [-0.4, -0.2) is 56.0 Å². The van der Waals surface area contributed by atoms with Crippen LogP contribution < -0.4 is 4.74 Å². The van der Waals surface area contributed by atoms with Crippen LogP contribution in [0.1, 0.15) is 29.6 Å². The molecule has 4 heteroatoms. The van der Waals surface area contributed by atoms with E-state index in [4.69, 9.17) is 4.74 Å². The second-order valence-electron chi connectivity index (χ2n) is 5.55. The molecule has 0 spiro atoms. The molecule has 1 aliphatic heterocycles. The second-order valence-corrected chi connectivity index (χ2v) is 5.55. The van der Waals surface area contributed by atoms with Gasteiger partial charge in [-0.3, -0.25) is 4.79 Å². The van der Waals surface area contributed by atoms with E-state index in [2.05, 4.69) is 11.9 Å². The summed E-state index contributed by atoms with van der Waals surface area (Å²) < 4.78 is 5.17. The van der Waals surface area contributed by atoms with Crippen molar-refractivity contribution in [1.82, 2.24) is 9.80 Å². The van der Waals surface area contributed by atoms with Crippen LogP contribution in [0.2, 0.25) is 0 Å². The van der Waals surface area contributed by atoms with Crippen LogP contribution in [0.25, 0.3) is 0 Å². The Bertz CT molecular complexity index is 462. The lowest BCUT2D eigenvalue weighted by atomic mass is 10.0. The summed E-state index contributed by atoms with van der Waals surface area (Å²) in [6.07, 6.45) is 3.70. The van der Waals surface area contributed by atoms with E-state index in [-0.39, 0.29) is 5.91 Å². The van der Waals surface area contributed by atoms with Gasteiger partial charge in [0.1, 0.15) is 5.75 Å². The van der Waals surface area contributed by atoms with Gasteiger partial charge in [0.2, 0.25) is 0 Å². The maximum Gasteiger partial charge on any atom is 0.253 e. The highest BCUT2D eigenvalue weighted by Crippen LogP contribution is 2.18. The Balaban J connectivity index is 2.00. The summed E-state index contributed by atoms with van der Waals surface area (Å²) in [6, 6.07) is 7.82. The highest BCUT2D eigenvalue weighted by atomic mass is 16.5. The molecule has 1 fully saturated rings. The van der Waals surface area contributed by atoms with Gasteiger partial charge in [-0.2, -0.15) is 0 Å². The van der Waals surface area contributed by atoms with Gasteiger partial charge in [-0.25, -0.2) is 0 Å². The molecule has 20 heavy (non-hydrogen) atoms. The second kappa shape index (κ2) is 6.75. The van der Waals surface area contributed by atoms with Crippen LogP contribution in [0.3, 0.4) is 0 Å². The zero-order valence-electron chi connectivity index (χ0n) is 12.6. The molecular weight excluding hydrogens is 252 g/mol. The summed E-state index contributed by atoms with van der Waals surface area (Å²) in [5.74, 6) is 0.780. The smallest absolute Gasteiger partial charge is 0.253 e. The number of likely N-dealkylation sites (tertiary alicyclic amines) is 1. The summed E-state index contributed by atoms with van der Waals surface area (Å²) in [5, 5.41) is 0. The molecule has 4 nitrogen and oxygen atoms in total. The molecule has 0 aromatic heterocycles. The van der Waals surface area contributed by atoms with Crippen LogP contribution in [0.5, 0.6) is 5.75 Å². The molecule has 0 N–H and O–H groups in total. The fourth-order valence-corrected chi connectivity index (χ4v) is 2.75. The van der Waals surface area contributed by atoms with Crippen LogP contribution in [0, 0.1) is 0 Å². The molecule has 2 rings (SSSR count). The predicted molar refractivity (Wildman–Crippen MR) is 80.2 cm³/mol. The van der Waals surface area contributed by atoms with Crippen molar-refractivity contribution in [1.29, 1.82) is 0 Å². The summed E-state index contributed by atoms with van der Waals surface area (Å²) in [4.78, 5) is 16.6. The zero-order valence-corrected chi connectivity index (χ0v) is 12.6. The van der Waals surface area contributed by atoms with Crippen LogP contribution in [0.4, 0.5) is 0 Å². The fraction of sp³-hybridized carbons (Fsp3) is 0.562. The summed E-state index contributed by atoms with van der Waals surface area (Å²) >= 11 is 0. The number of carbonyl (C=O) groups excluding carboxylic acids is 1. The number of piperidine rings is 1. The van der Waals surface area contributed by atoms with E-state index < -0.39 is 0 Å². The third-order valence-corrected chi connectivity index (χ3v) is 4.07. The Labute approximate surface area is 121 Å². The first-order chi connectivity index (χ1) is 9.61. The first-order valence-electron chi connectivity index (χ1n) is 7.21. The van der Waals surface area contributed by atoms with Gasteiger partial charge in [-0.05, 0) is 44.6 Å². The molecule has 1 amide bonds. The monoisotopic (exact) mass is 276 g/mol. The van der Waals surface area contributed by atoms with Gasteiger partial charge in [0.05, 0.1) is 7.11 Å². The first kappa shape index (κ1) is 14.9. The third kappa shape index (κ3) is 3.51. The van der Waals surface area contributed by atoms with E-state index in [1.165, 1.54) is 19.3 Å². The molecule has 1 aromatic rings. The molecule has 0 saturated carbocycles. The van der Waals surface area contributed by atoms with Crippen molar-refractivity contribution < 1.29 is 9.53 Å². The average molecular weight is 276 g/mol. The molecule has 0 aliphatic carbocycles. The van der Waals surface area contributed by atoms with Gasteiger partial charge < -0.3 is 14.5 Å². The van der Waals surface area contributed by atoms with Crippen molar-refractivity contribution in [3.05, 3.63) is 29.8 Å². The molecule has 0 unspecified atom stereocenters. The van der Waals surface area contributed by atoms with Crippen LogP contribution in [0.15, 0.2) is 24.3 Å². The van der Waals surface area contributed by atoms with Crippen molar-refractivity contribution >= 4 is 5.91 Å². The molecule has 110 valence electrons. The highest BCUT2D eigenvalue weighted by molar-refractivity contribution is 5.94. The number of benzene rings is 1. The van der Waals surface area contributed by atoms with Gasteiger partial charge >= 0.3 is 0 Å². The number of ether oxygens (including phenoxy) is 1. The Kier molecular flexibility index (Phi) is 5.01. The van der Waals surface area contributed by atoms with Gasteiger partial charge in [0, 0.05) is 25.2 Å². The largest absolute Gasteiger partial charge is 0.497 e. The number of hydrogen-bond acceptors (Lipinski definition) is 3. The minimum Gasteiger partial charge on any atom is -0.497 e. The molecule has 1 saturated heterocycles. The minimum atomic E-state index is 0.0582. The van der Waals surface area contributed by atoms with E-state index in [9.17, 15) is 4.79 Å². The third-order valence-electron chi connectivity index (χ3n) is 4.07. The Morgan fingerprint density at radius 3 is 2.95 bits per heavy atom. The standard InChI is InChI=1S/C16H24N2O2/c1-17-10-5-4-8-14(17)12-18(2)16(19)13-7-6-9-15(11-13)20-3/h6-7,9,11,14H,4-5,8,10,12H2,1-3H3/t14-/m0/s1. The molecule has 1 heterocycles. The predicted octanol–water partition coefficient (Wildman–Crippen LogP) is 2.25. The number of carbonyl (C=O) groups is 1. The molecular formula is C16H24N2O2. The molecule has 0 bridgehead atoms. The molecule has 1 atom stereocenters. The number of amides is 1. The van der Waals surface area contributed by atoms with Gasteiger partial charge in [-0.1, -0.05) is 12.5 Å². The molecule has 0 radical (unpaired) electrons. The SMILES string of the molecule is COc1cccc(C(=O)N(C)C[C@@H]2CCCCN2C)c1. The quantitative estimate of drug-likeness (QED) is 0.845. The summed E-state index contributed by atoms with van der Waals surface area (Å²) in [6.45, 7) is 1.92. The highest BCUT2D eigenvalue weighted by Gasteiger charge is 2.22. The number of nitrogens with zero attached hydrogens (tertiary/aromatic N) is 2. The topological polar surface area (TPSA) is 32.8 Å². The van der Waals surface area contributed by atoms with Crippen LogP contribution in [-0.2, 0) is 0 Å². The zero-order chi connectivity index (χ0) is 14.5. The van der Waals surface area contributed by atoms with Crippen LogP contribution >= 0.6 is 0 Å². The fourth-order valence-electron chi connectivity index (χ4n) is 2.75. The van der Waals surface area contributed by atoms with E-state index in [0.717, 1.165) is 18.8 Å². The Morgan fingerprint density at radius 2 is 2.25 bits per heavy atom. The number of rotatable bonds is 4. The van der Waals surface area contributed by atoms with Crippen molar-refractivity contribution in [2.24, 2.45) is 0 Å². The van der Waals surface area contributed by atoms with Gasteiger partial charge in [-0.15, -0.1) is 0 Å². The minimum absolute atomic E-state index is 0.0582. The lowest BCUT2D eigenvalue weighted by Crippen LogP contribution is -2.45. The van der Waals surface area contributed by atoms with Crippen molar-refractivity contribution in [3.63, 3.8) is 0 Å². The van der Waals surface area contributed by atoms with Crippen molar-refractivity contribution in [3.8, 4) is 5.75 Å². The number of methoxy groups -OCH3 is 1. The Morgan fingerprint density at radius 1 is 1.45 bits per heavy atom. The lowest BCUT2D eigenvalue weighted by Gasteiger charge is -2.35. The lowest BCUT2D eigenvalue weighted by molar-refractivity contribution is 0.0716. The van der Waals surface area contributed by atoms with E-state index in [0.29, 0.717) is 11.6 Å². The van der Waals surface area contributed by atoms with E-state index in [1.54, 1.807) is 13.2 Å². The maximum atomic E-state index is 12.4. The maximum absolute atomic E-state index is 12.4. The van der Waals surface area contributed by atoms with Crippen molar-refractivity contribution in [2.45, 2.75) is 25.3 Å².